The van der Waals surface area contributed by atoms with Gasteiger partial charge in [0.15, 0.2) is 0 Å². The van der Waals surface area contributed by atoms with Gasteiger partial charge in [0.1, 0.15) is 0 Å². The summed E-state index contributed by atoms with van der Waals surface area (Å²) in [5.41, 5.74) is 9.08. The second-order valence-electron chi connectivity index (χ2n) is 4.23. The van der Waals surface area contributed by atoms with E-state index in [1.165, 1.54) is 5.56 Å². The Hall–Kier alpha value is -1.20. The minimum absolute atomic E-state index is 0.0423. The van der Waals surface area contributed by atoms with E-state index in [1.807, 2.05) is 25.3 Å². The van der Waals surface area contributed by atoms with Gasteiger partial charge in [-0.1, -0.05) is 35.0 Å². The summed E-state index contributed by atoms with van der Waals surface area (Å²) in [4.78, 5) is 0. The average Bonchev–Trinajstić information content (AvgIpc) is 2.87. The van der Waals surface area contributed by atoms with Crippen LogP contribution in [-0.2, 0) is 6.42 Å². The molecular weight excluding hydrogens is 292 g/mol. The lowest BCUT2D eigenvalue weighted by Crippen LogP contribution is -2.08. The molecule has 0 aliphatic rings. The molecule has 2 N–H and O–H groups in total. The minimum atomic E-state index is -0.0423. The zero-order chi connectivity index (χ0) is 13.1. The fourth-order valence-electron chi connectivity index (χ4n) is 1.83. The highest BCUT2D eigenvalue weighted by atomic mass is 79.9. The smallest absolute Gasteiger partial charge is 0.0998 e. The normalized spacial score (nSPS) is 12.7. The molecule has 0 saturated heterocycles. The molecule has 0 fully saturated rings. The van der Waals surface area contributed by atoms with E-state index in [0.29, 0.717) is 0 Å². The van der Waals surface area contributed by atoms with Crippen molar-refractivity contribution in [1.82, 2.24) is 15.0 Å². The van der Waals surface area contributed by atoms with Crippen molar-refractivity contribution in [1.29, 1.82) is 0 Å². The highest BCUT2D eigenvalue weighted by molar-refractivity contribution is 9.10. The molecule has 0 aliphatic carbocycles. The van der Waals surface area contributed by atoms with Gasteiger partial charge in [-0.3, -0.25) is 0 Å². The predicted octanol–water partition coefficient (Wildman–Crippen LogP) is 3.00. The molecule has 1 aromatic heterocycles. The number of rotatable bonds is 4. The van der Waals surface area contributed by atoms with Crippen LogP contribution < -0.4 is 5.73 Å². The van der Waals surface area contributed by atoms with E-state index in [9.17, 15) is 0 Å². The van der Waals surface area contributed by atoms with E-state index >= 15 is 0 Å². The largest absolute Gasteiger partial charge is 0.323 e. The Balaban J connectivity index is 2.39. The molecule has 0 aliphatic heterocycles. The van der Waals surface area contributed by atoms with Gasteiger partial charge in [-0.25, -0.2) is 4.68 Å². The standard InChI is InChI=1S/C13H17BrN4/c1-3-9-7-10(14)5-6-13(9)18-8-12(16-17-18)11(15)4-2/h5-8,11H,3-4,15H2,1-2H3. The predicted molar refractivity (Wildman–Crippen MR) is 75.7 cm³/mol. The van der Waals surface area contributed by atoms with Gasteiger partial charge in [-0.2, -0.15) is 0 Å². The fourth-order valence-corrected chi connectivity index (χ4v) is 2.24. The summed E-state index contributed by atoms with van der Waals surface area (Å²) < 4.78 is 2.88. The van der Waals surface area contributed by atoms with Crippen LogP contribution in [-0.4, -0.2) is 15.0 Å². The molecule has 0 spiro atoms. The molecule has 2 rings (SSSR count). The molecule has 1 atom stereocenters. The summed E-state index contributed by atoms with van der Waals surface area (Å²) in [7, 11) is 0. The molecule has 5 heteroatoms. The number of halogens is 1. The maximum Gasteiger partial charge on any atom is 0.0998 e. The zero-order valence-corrected chi connectivity index (χ0v) is 12.2. The molecule has 0 bridgehead atoms. The Bertz CT molecular complexity index is 536. The highest BCUT2D eigenvalue weighted by Gasteiger charge is 2.11. The third-order valence-electron chi connectivity index (χ3n) is 3.00. The molecule has 4 nitrogen and oxygen atoms in total. The maximum absolute atomic E-state index is 5.96. The number of benzene rings is 1. The topological polar surface area (TPSA) is 56.7 Å². The maximum atomic E-state index is 5.96. The lowest BCUT2D eigenvalue weighted by molar-refractivity contribution is 0.670. The Morgan fingerprint density at radius 1 is 1.39 bits per heavy atom. The van der Waals surface area contributed by atoms with E-state index in [1.54, 1.807) is 4.68 Å². The van der Waals surface area contributed by atoms with E-state index in [0.717, 1.165) is 28.7 Å². The first-order valence-corrected chi connectivity index (χ1v) is 6.91. The van der Waals surface area contributed by atoms with Crippen molar-refractivity contribution in [2.45, 2.75) is 32.7 Å². The van der Waals surface area contributed by atoms with Gasteiger partial charge in [0.25, 0.3) is 0 Å². The lowest BCUT2D eigenvalue weighted by Gasteiger charge is -2.07. The third-order valence-corrected chi connectivity index (χ3v) is 3.49. The number of nitrogens with two attached hydrogens (primary N) is 1. The molecular formula is C13H17BrN4. The van der Waals surface area contributed by atoms with Crippen molar-refractivity contribution in [2.75, 3.05) is 0 Å². The quantitative estimate of drug-likeness (QED) is 0.944. The van der Waals surface area contributed by atoms with Gasteiger partial charge in [0.2, 0.25) is 0 Å². The van der Waals surface area contributed by atoms with Gasteiger partial charge >= 0.3 is 0 Å². The summed E-state index contributed by atoms with van der Waals surface area (Å²) in [5, 5.41) is 8.30. The second kappa shape index (κ2) is 5.63. The minimum Gasteiger partial charge on any atom is -0.323 e. The van der Waals surface area contributed by atoms with E-state index in [4.69, 9.17) is 5.73 Å². The first-order valence-electron chi connectivity index (χ1n) is 6.12. The van der Waals surface area contributed by atoms with Crippen molar-refractivity contribution >= 4 is 15.9 Å². The average molecular weight is 309 g/mol. The van der Waals surface area contributed by atoms with Crippen LogP contribution in [0.2, 0.25) is 0 Å². The van der Waals surface area contributed by atoms with Crippen LogP contribution in [0.15, 0.2) is 28.9 Å². The van der Waals surface area contributed by atoms with Crippen molar-refractivity contribution < 1.29 is 0 Å². The van der Waals surface area contributed by atoms with Crippen molar-refractivity contribution in [3.05, 3.63) is 40.1 Å². The summed E-state index contributed by atoms with van der Waals surface area (Å²) >= 11 is 3.48. The number of hydrogen-bond acceptors (Lipinski definition) is 3. The van der Waals surface area contributed by atoms with Crippen molar-refractivity contribution in [3.63, 3.8) is 0 Å². The first-order chi connectivity index (χ1) is 8.65. The molecule has 96 valence electrons. The summed E-state index contributed by atoms with van der Waals surface area (Å²) in [6.45, 7) is 4.17. The van der Waals surface area contributed by atoms with Crippen LogP contribution in [0, 0.1) is 0 Å². The SMILES string of the molecule is CCc1cc(Br)ccc1-n1cc(C(N)CC)nn1. The zero-order valence-electron chi connectivity index (χ0n) is 10.6. The monoisotopic (exact) mass is 308 g/mol. The second-order valence-corrected chi connectivity index (χ2v) is 5.14. The summed E-state index contributed by atoms with van der Waals surface area (Å²) in [6, 6.07) is 6.12. The fraction of sp³-hybridized carbons (Fsp3) is 0.385. The summed E-state index contributed by atoms with van der Waals surface area (Å²) in [6.07, 6.45) is 3.72. The van der Waals surface area contributed by atoms with E-state index < -0.39 is 0 Å². The molecule has 0 saturated carbocycles. The molecule has 1 heterocycles. The first kappa shape index (κ1) is 13.2. The third kappa shape index (κ3) is 2.62. The molecule has 18 heavy (non-hydrogen) atoms. The van der Waals surface area contributed by atoms with Crippen molar-refractivity contribution in [3.8, 4) is 5.69 Å². The Morgan fingerprint density at radius 3 is 2.83 bits per heavy atom. The molecule has 1 unspecified atom stereocenters. The van der Waals surface area contributed by atoms with Crippen LogP contribution in [0.25, 0.3) is 5.69 Å². The highest BCUT2D eigenvalue weighted by Crippen LogP contribution is 2.21. The van der Waals surface area contributed by atoms with Gasteiger partial charge in [-0.15, -0.1) is 5.10 Å². The van der Waals surface area contributed by atoms with Crippen LogP contribution in [0.4, 0.5) is 0 Å². The number of aromatic nitrogens is 3. The van der Waals surface area contributed by atoms with Crippen LogP contribution in [0.3, 0.4) is 0 Å². The lowest BCUT2D eigenvalue weighted by atomic mass is 10.1. The molecule has 0 radical (unpaired) electrons. The Kier molecular flexibility index (Phi) is 4.14. The number of aryl methyl sites for hydroxylation is 1. The van der Waals surface area contributed by atoms with Crippen LogP contribution in [0.1, 0.15) is 37.6 Å². The van der Waals surface area contributed by atoms with Crippen LogP contribution >= 0.6 is 15.9 Å². The molecule has 2 aromatic rings. The molecule has 0 amide bonds. The molecule has 1 aromatic carbocycles. The van der Waals surface area contributed by atoms with Crippen molar-refractivity contribution in [2.24, 2.45) is 5.73 Å². The Labute approximate surface area is 115 Å². The number of hydrogen-bond donors (Lipinski definition) is 1. The van der Waals surface area contributed by atoms with Gasteiger partial charge in [-0.05, 0) is 36.6 Å². The summed E-state index contributed by atoms with van der Waals surface area (Å²) in [5.74, 6) is 0. The van der Waals surface area contributed by atoms with Gasteiger partial charge in [0, 0.05) is 4.47 Å². The van der Waals surface area contributed by atoms with E-state index in [2.05, 4.69) is 39.2 Å². The van der Waals surface area contributed by atoms with Crippen LogP contribution in [0.5, 0.6) is 0 Å². The van der Waals surface area contributed by atoms with Gasteiger partial charge < -0.3 is 5.73 Å². The van der Waals surface area contributed by atoms with E-state index in [-0.39, 0.29) is 6.04 Å². The Morgan fingerprint density at radius 2 is 2.17 bits per heavy atom. The number of nitrogens with zero attached hydrogens (tertiary/aromatic N) is 3. The van der Waals surface area contributed by atoms with Gasteiger partial charge in [0.05, 0.1) is 23.6 Å².